The number of ether oxygens (including phenoxy) is 1. The normalized spacial score (nSPS) is 21.7. The Balaban J connectivity index is 2.30. The van der Waals surface area contributed by atoms with Crippen molar-refractivity contribution < 1.29 is 13.5 Å². The number of hydrogen-bond donors (Lipinski definition) is 1. The zero-order valence-corrected chi connectivity index (χ0v) is 8.65. The number of hydrogen-bond acceptors (Lipinski definition) is 2. The van der Waals surface area contributed by atoms with Crippen LogP contribution in [0, 0.1) is 11.6 Å². The third-order valence-corrected chi connectivity index (χ3v) is 2.60. The molecule has 0 aromatic heterocycles. The Kier molecular flexibility index (Phi) is 3.19. The minimum atomic E-state index is -0.623. The lowest BCUT2D eigenvalue weighted by Gasteiger charge is -2.24. The van der Waals surface area contributed by atoms with Gasteiger partial charge in [0.15, 0.2) is 0 Å². The maximum atomic E-state index is 13.5. The Morgan fingerprint density at radius 1 is 1.33 bits per heavy atom. The standard InChI is InChI=1S/C10H10ClF2NO/c11-7-4-8(12)6(3-9(7)13)10-5-14-1-2-15-10/h3-4,10,14H,1-2,5H2. The van der Waals surface area contributed by atoms with E-state index in [1.54, 1.807) is 0 Å². The molecule has 1 atom stereocenters. The van der Waals surface area contributed by atoms with E-state index in [0.29, 0.717) is 13.2 Å². The van der Waals surface area contributed by atoms with Crippen LogP contribution in [0.25, 0.3) is 0 Å². The van der Waals surface area contributed by atoms with Crippen molar-refractivity contribution in [3.05, 3.63) is 34.4 Å². The van der Waals surface area contributed by atoms with Gasteiger partial charge in [-0.05, 0) is 12.1 Å². The number of nitrogens with one attached hydrogen (secondary N) is 1. The second kappa shape index (κ2) is 4.43. The van der Waals surface area contributed by atoms with Gasteiger partial charge in [-0.25, -0.2) is 8.78 Å². The van der Waals surface area contributed by atoms with Crippen LogP contribution >= 0.6 is 11.6 Å². The number of morpholine rings is 1. The Morgan fingerprint density at radius 2 is 2.13 bits per heavy atom. The van der Waals surface area contributed by atoms with Crippen molar-refractivity contribution in [1.82, 2.24) is 5.32 Å². The van der Waals surface area contributed by atoms with Crippen LogP contribution in [-0.4, -0.2) is 19.7 Å². The van der Waals surface area contributed by atoms with Crippen molar-refractivity contribution in [2.75, 3.05) is 19.7 Å². The van der Waals surface area contributed by atoms with Crippen LogP contribution in [0.1, 0.15) is 11.7 Å². The monoisotopic (exact) mass is 233 g/mol. The third kappa shape index (κ3) is 2.27. The first-order valence-electron chi connectivity index (χ1n) is 4.65. The molecular weight excluding hydrogens is 224 g/mol. The quantitative estimate of drug-likeness (QED) is 0.752. The summed E-state index contributed by atoms with van der Waals surface area (Å²) < 4.78 is 31.9. The fraction of sp³-hybridized carbons (Fsp3) is 0.400. The SMILES string of the molecule is Fc1cc(C2CNCCO2)c(F)cc1Cl. The topological polar surface area (TPSA) is 21.3 Å². The van der Waals surface area contributed by atoms with Crippen LogP contribution < -0.4 is 5.32 Å². The van der Waals surface area contributed by atoms with Gasteiger partial charge in [-0.3, -0.25) is 0 Å². The molecule has 0 amide bonds. The van der Waals surface area contributed by atoms with Crippen molar-refractivity contribution in [3.8, 4) is 0 Å². The molecule has 1 aliphatic rings. The van der Waals surface area contributed by atoms with E-state index in [1.165, 1.54) is 0 Å². The Labute approximate surface area is 91.2 Å². The highest BCUT2D eigenvalue weighted by Gasteiger charge is 2.20. The summed E-state index contributed by atoms with van der Waals surface area (Å²) in [6.07, 6.45) is -0.439. The zero-order valence-electron chi connectivity index (χ0n) is 7.90. The Morgan fingerprint density at radius 3 is 2.80 bits per heavy atom. The smallest absolute Gasteiger partial charge is 0.142 e. The maximum Gasteiger partial charge on any atom is 0.142 e. The van der Waals surface area contributed by atoms with E-state index in [-0.39, 0.29) is 10.6 Å². The van der Waals surface area contributed by atoms with Crippen molar-refractivity contribution >= 4 is 11.6 Å². The minimum Gasteiger partial charge on any atom is -0.371 e. The van der Waals surface area contributed by atoms with Gasteiger partial charge in [0.2, 0.25) is 0 Å². The van der Waals surface area contributed by atoms with Gasteiger partial charge < -0.3 is 10.1 Å². The molecule has 0 aliphatic carbocycles. The fourth-order valence-corrected chi connectivity index (χ4v) is 1.70. The van der Waals surface area contributed by atoms with Crippen LogP contribution in [-0.2, 0) is 4.74 Å². The molecule has 1 saturated heterocycles. The minimum absolute atomic E-state index is 0.208. The summed E-state index contributed by atoms with van der Waals surface area (Å²) >= 11 is 5.45. The van der Waals surface area contributed by atoms with Gasteiger partial charge in [-0.1, -0.05) is 11.6 Å². The van der Waals surface area contributed by atoms with E-state index in [0.717, 1.165) is 18.7 Å². The molecule has 1 unspecified atom stereocenters. The number of rotatable bonds is 1. The van der Waals surface area contributed by atoms with Gasteiger partial charge in [0.25, 0.3) is 0 Å². The molecule has 5 heteroatoms. The van der Waals surface area contributed by atoms with E-state index in [2.05, 4.69) is 5.32 Å². The lowest BCUT2D eigenvalue weighted by atomic mass is 10.1. The summed E-state index contributed by atoms with van der Waals surface area (Å²) in [4.78, 5) is 0. The molecule has 1 heterocycles. The third-order valence-electron chi connectivity index (χ3n) is 2.31. The first-order chi connectivity index (χ1) is 7.18. The second-order valence-electron chi connectivity index (χ2n) is 3.35. The van der Waals surface area contributed by atoms with Crippen LogP contribution in [0.3, 0.4) is 0 Å². The summed E-state index contributed by atoms with van der Waals surface area (Å²) in [6, 6.07) is 2.07. The van der Waals surface area contributed by atoms with Crippen LogP contribution in [0.4, 0.5) is 8.78 Å². The molecule has 0 saturated carbocycles. The van der Waals surface area contributed by atoms with E-state index in [1.807, 2.05) is 0 Å². The Hall–Kier alpha value is -0.710. The van der Waals surface area contributed by atoms with Crippen molar-refractivity contribution in [3.63, 3.8) is 0 Å². The van der Waals surface area contributed by atoms with Gasteiger partial charge in [-0.15, -0.1) is 0 Å². The van der Waals surface area contributed by atoms with E-state index >= 15 is 0 Å². The van der Waals surface area contributed by atoms with Crippen LogP contribution in [0.5, 0.6) is 0 Å². The Bertz CT molecular complexity index is 367. The molecule has 1 N–H and O–H groups in total. The van der Waals surface area contributed by atoms with Crippen LogP contribution in [0.15, 0.2) is 12.1 Å². The van der Waals surface area contributed by atoms with Gasteiger partial charge in [0.1, 0.15) is 11.6 Å². The molecule has 2 rings (SSSR count). The summed E-state index contributed by atoms with van der Waals surface area (Å²) in [5.41, 5.74) is 0.212. The van der Waals surface area contributed by atoms with Crippen molar-refractivity contribution in [2.45, 2.75) is 6.10 Å². The largest absolute Gasteiger partial charge is 0.371 e. The highest BCUT2D eigenvalue weighted by atomic mass is 35.5. The number of benzene rings is 1. The van der Waals surface area contributed by atoms with E-state index < -0.39 is 17.7 Å². The molecule has 0 bridgehead atoms. The zero-order chi connectivity index (χ0) is 10.8. The second-order valence-corrected chi connectivity index (χ2v) is 3.76. The average Bonchev–Trinajstić information content (AvgIpc) is 2.25. The average molecular weight is 234 g/mol. The predicted molar refractivity (Wildman–Crippen MR) is 52.9 cm³/mol. The summed E-state index contributed by atoms with van der Waals surface area (Å²) in [5.74, 6) is -1.16. The number of halogens is 3. The summed E-state index contributed by atoms with van der Waals surface area (Å²) in [7, 11) is 0. The highest BCUT2D eigenvalue weighted by molar-refractivity contribution is 6.30. The fourth-order valence-electron chi connectivity index (χ4n) is 1.55. The summed E-state index contributed by atoms with van der Waals surface area (Å²) in [5, 5.41) is 2.84. The van der Waals surface area contributed by atoms with Gasteiger partial charge in [0, 0.05) is 18.7 Å². The first kappa shape index (κ1) is 10.8. The van der Waals surface area contributed by atoms with Gasteiger partial charge in [-0.2, -0.15) is 0 Å². The molecular formula is C10H10ClF2NO. The van der Waals surface area contributed by atoms with E-state index in [4.69, 9.17) is 16.3 Å². The van der Waals surface area contributed by atoms with Gasteiger partial charge >= 0.3 is 0 Å². The predicted octanol–water partition coefficient (Wildman–Crippen LogP) is 2.28. The molecule has 15 heavy (non-hydrogen) atoms. The molecule has 82 valence electrons. The molecule has 1 aromatic rings. The maximum absolute atomic E-state index is 13.5. The molecule has 0 radical (unpaired) electrons. The molecule has 1 aliphatic heterocycles. The van der Waals surface area contributed by atoms with Gasteiger partial charge in [0.05, 0.1) is 17.7 Å². The molecule has 0 spiro atoms. The molecule has 2 nitrogen and oxygen atoms in total. The highest BCUT2D eigenvalue weighted by Crippen LogP contribution is 2.26. The molecule has 1 fully saturated rings. The lowest BCUT2D eigenvalue weighted by molar-refractivity contribution is 0.0253. The van der Waals surface area contributed by atoms with Crippen LogP contribution in [0.2, 0.25) is 5.02 Å². The van der Waals surface area contributed by atoms with Crippen molar-refractivity contribution in [1.29, 1.82) is 0 Å². The van der Waals surface area contributed by atoms with Crippen molar-refractivity contribution in [2.24, 2.45) is 0 Å². The first-order valence-corrected chi connectivity index (χ1v) is 5.03. The molecule has 1 aromatic carbocycles. The van der Waals surface area contributed by atoms with E-state index in [9.17, 15) is 8.78 Å². The summed E-state index contributed by atoms with van der Waals surface area (Å²) in [6.45, 7) is 1.71. The lowest BCUT2D eigenvalue weighted by Crippen LogP contribution is -2.33.